The minimum atomic E-state index is -0.969. The van der Waals surface area contributed by atoms with E-state index in [9.17, 15) is 24.6 Å². The van der Waals surface area contributed by atoms with Gasteiger partial charge in [0.25, 0.3) is 0 Å². The van der Waals surface area contributed by atoms with Gasteiger partial charge in [0.15, 0.2) is 5.78 Å². The molecule has 0 aromatic heterocycles. The highest BCUT2D eigenvalue weighted by Crippen LogP contribution is 2.77. The average Bonchev–Trinajstić information content (AvgIpc) is 3.33. The summed E-state index contributed by atoms with van der Waals surface area (Å²) in [7, 11) is 4.19. The highest BCUT2D eigenvalue weighted by atomic mass is 16.5. The van der Waals surface area contributed by atoms with Gasteiger partial charge in [0.05, 0.1) is 18.4 Å². The van der Waals surface area contributed by atoms with Crippen molar-refractivity contribution < 1.29 is 29.3 Å². The number of rotatable bonds is 12. The SMILES string of the molecule is CC(C)C1=C2[C@H]3CC[C@@H]4[C@@]5(C)CC[C@H](OC(=O)C[C@@H](C)C(=O)O)C(C)(C)[C@@H]5CC[C@@]4(C)[C@]3(C)CC[C@@]2([C@@H](O)CN(CCN(C)C)C(C)C)CC1=O. The summed E-state index contributed by atoms with van der Waals surface area (Å²) in [6.07, 6.45) is 7.55. The summed E-state index contributed by atoms with van der Waals surface area (Å²) in [4.78, 5) is 43.1. The molecule has 0 spiro atoms. The Balaban J connectivity index is 1.45. The second-order valence-corrected chi connectivity index (χ2v) is 20.0. The maximum absolute atomic E-state index is 14.1. The number of nitrogens with zero attached hydrogens (tertiary/aromatic N) is 2. The topological polar surface area (TPSA) is 107 Å². The summed E-state index contributed by atoms with van der Waals surface area (Å²) >= 11 is 0. The van der Waals surface area contributed by atoms with Gasteiger partial charge >= 0.3 is 11.9 Å². The zero-order valence-corrected chi connectivity index (χ0v) is 34.2. The van der Waals surface area contributed by atoms with Gasteiger partial charge in [0, 0.05) is 42.9 Å². The first-order valence-electron chi connectivity index (χ1n) is 20.3. The van der Waals surface area contributed by atoms with Gasteiger partial charge in [-0.05, 0) is 125 Å². The van der Waals surface area contributed by atoms with E-state index in [-0.39, 0.29) is 51.8 Å². The molecule has 0 amide bonds. The third-order valence-electron chi connectivity index (χ3n) is 16.2. The normalized spacial score (nSPS) is 38.7. The molecule has 10 atom stereocenters. The van der Waals surface area contributed by atoms with Crippen LogP contribution in [0.15, 0.2) is 11.1 Å². The molecule has 0 aliphatic heterocycles. The lowest BCUT2D eigenvalue weighted by atomic mass is 9.33. The van der Waals surface area contributed by atoms with Crippen LogP contribution in [0.1, 0.15) is 133 Å². The molecule has 0 aromatic rings. The number of hydrogen-bond donors (Lipinski definition) is 2. The molecule has 0 saturated heterocycles. The third-order valence-corrected chi connectivity index (χ3v) is 16.2. The fourth-order valence-corrected chi connectivity index (χ4v) is 13.1. The number of carbonyl (C=O) groups excluding carboxylic acids is 2. The Kier molecular flexibility index (Phi) is 11.2. The van der Waals surface area contributed by atoms with Gasteiger partial charge in [-0.2, -0.15) is 0 Å². The van der Waals surface area contributed by atoms with E-state index < -0.39 is 29.4 Å². The van der Waals surface area contributed by atoms with Gasteiger partial charge in [-0.25, -0.2) is 0 Å². The summed E-state index contributed by atoms with van der Waals surface area (Å²) in [6, 6.07) is 0.306. The Morgan fingerprint density at radius 2 is 1.53 bits per heavy atom. The van der Waals surface area contributed by atoms with E-state index >= 15 is 0 Å². The zero-order valence-electron chi connectivity index (χ0n) is 34.2. The fourth-order valence-electron chi connectivity index (χ4n) is 13.1. The van der Waals surface area contributed by atoms with Gasteiger partial charge < -0.3 is 19.8 Å². The van der Waals surface area contributed by atoms with Crippen molar-refractivity contribution in [2.75, 3.05) is 33.7 Å². The Hall–Kier alpha value is -1.77. The molecule has 0 radical (unpaired) electrons. The third kappa shape index (κ3) is 6.57. The number of aliphatic hydroxyl groups excluding tert-OH is 1. The molecule has 4 saturated carbocycles. The van der Waals surface area contributed by atoms with E-state index in [0.717, 1.165) is 70.0 Å². The number of aliphatic hydroxyl groups is 1. The number of allylic oxidation sites excluding steroid dienone is 1. The van der Waals surface area contributed by atoms with Crippen LogP contribution in [-0.2, 0) is 19.1 Å². The molecule has 5 rings (SSSR count). The molecule has 5 aliphatic carbocycles. The molecule has 290 valence electrons. The molecule has 51 heavy (non-hydrogen) atoms. The van der Waals surface area contributed by atoms with E-state index in [1.54, 1.807) is 6.92 Å². The molecular formula is C43H72N2O6. The van der Waals surface area contributed by atoms with Crippen molar-refractivity contribution in [3.8, 4) is 0 Å². The molecular weight excluding hydrogens is 640 g/mol. The number of carbonyl (C=O) groups is 3. The highest BCUT2D eigenvalue weighted by molar-refractivity contribution is 6.00. The number of likely N-dealkylation sites (N-methyl/N-ethyl adjacent to an activating group) is 1. The number of hydrogen-bond acceptors (Lipinski definition) is 7. The number of ether oxygens (including phenoxy) is 1. The van der Waals surface area contributed by atoms with Gasteiger partial charge in [0.2, 0.25) is 0 Å². The molecule has 0 bridgehead atoms. The molecule has 8 heteroatoms. The Bertz CT molecular complexity index is 1390. The predicted octanol–water partition coefficient (Wildman–Crippen LogP) is 7.62. The number of fused-ring (bicyclic) bond motifs is 7. The lowest BCUT2D eigenvalue weighted by molar-refractivity contribution is -0.235. The van der Waals surface area contributed by atoms with Crippen LogP contribution in [0.2, 0.25) is 0 Å². The van der Waals surface area contributed by atoms with Gasteiger partial charge in [-0.1, -0.05) is 61.0 Å². The Morgan fingerprint density at radius 3 is 2.12 bits per heavy atom. The van der Waals surface area contributed by atoms with Gasteiger partial charge in [-0.15, -0.1) is 0 Å². The maximum atomic E-state index is 14.1. The quantitative estimate of drug-likeness (QED) is 0.199. The van der Waals surface area contributed by atoms with Crippen molar-refractivity contribution in [2.45, 2.75) is 152 Å². The first kappa shape index (κ1) is 40.4. The van der Waals surface area contributed by atoms with Crippen molar-refractivity contribution >= 4 is 17.7 Å². The smallest absolute Gasteiger partial charge is 0.306 e. The highest BCUT2D eigenvalue weighted by Gasteiger charge is 2.70. The number of aliphatic carboxylic acids is 1. The van der Waals surface area contributed by atoms with Gasteiger partial charge in [0.1, 0.15) is 6.10 Å². The van der Waals surface area contributed by atoms with Crippen LogP contribution in [0.25, 0.3) is 0 Å². The van der Waals surface area contributed by atoms with Crippen molar-refractivity contribution in [1.29, 1.82) is 0 Å². The summed E-state index contributed by atoms with van der Waals surface area (Å²) in [6.45, 7) is 25.0. The number of Topliss-reactive ketones (excluding diaryl/α,β-unsaturated/α-hetero) is 1. The molecule has 8 nitrogen and oxygen atoms in total. The minimum Gasteiger partial charge on any atom is -0.481 e. The summed E-state index contributed by atoms with van der Waals surface area (Å²) in [5.41, 5.74) is 1.82. The first-order chi connectivity index (χ1) is 23.6. The Labute approximate surface area is 309 Å². The van der Waals surface area contributed by atoms with Crippen LogP contribution in [0, 0.1) is 56.7 Å². The van der Waals surface area contributed by atoms with Crippen LogP contribution >= 0.6 is 0 Å². The van der Waals surface area contributed by atoms with E-state index in [1.165, 1.54) is 5.57 Å². The molecule has 0 unspecified atom stereocenters. The monoisotopic (exact) mass is 713 g/mol. The average molecular weight is 713 g/mol. The lowest BCUT2D eigenvalue weighted by Gasteiger charge is -2.72. The second kappa shape index (κ2) is 14.1. The Morgan fingerprint density at radius 1 is 0.863 bits per heavy atom. The van der Waals surface area contributed by atoms with Gasteiger partial charge in [-0.3, -0.25) is 19.3 Å². The number of carboxylic acid groups (broad SMARTS) is 1. The van der Waals surface area contributed by atoms with E-state index in [2.05, 4.69) is 86.2 Å². The first-order valence-corrected chi connectivity index (χ1v) is 20.3. The second-order valence-electron chi connectivity index (χ2n) is 20.0. The molecule has 2 N–H and O–H groups in total. The number of esters is 1. The lowest BCUT2D eigenvalue weighted by Crippen LogP contribution is -2.66. The van der Waals surface area contributed by atoms with Crippen molar-refractivity contribution in [3.05, 3.63) is 11.1 Å². The summed E-state index contributed by atoms with van der Waals surface area (Å²) in [5, 5.41) is 21.8. The number of ketones is 1. The van der Waals surface area contributed by atoms with Crippen molar-refractivity contribution in [2.24, 2.45) is 56.7 Å². The van der Waals surface area contributed by atoms with E-state index in [1.807, 2.05) is 0 Å². The van der Waals surface area contributed by atoms with Crippen LogP contribution in [0.5, 0.6) is 0 Å². The zero-order chi connectivity index (χ0) is 38.1. The maximum Gasteiger partial charge on any atom is 0.306 e. The molecule has 0 heterocycles. The van der Waals surface area contributed by atoms with Crippen molar-refractivity contribution in [3.63, 3.8) is 0 Å². The van der Waals surface area contributed by atoms with Crippen LogP contribution in [-0.4, -0.2) is 89.7 Å². The predicted molar refractivity (Wildman–Crippen MR) is 202 cm³/mol. The van der Waals surface area contributed by atoms with Crippen LogP contribution < -0.4 is 0 Å². The molecule has 5 aliphatic rings. The molecule has 4 fully saturated rings. The van der Waals surface area contributed by atoms with Crippen LogP contribution in [0.3, 0.4) is 0 Å². The summed E-state index contributed by atoms with van der Waals surface area (Å²) < 4.78 is 6.11. The minimum absolute atomic E-state index is 0.0102. The van der Waals surface area contributed by atoms with E-state index in [4.69, 9.17) is 4.74 Å². The van der Waals surface area contributed by atoms with Crippen molar-refractivity contribution in [1.82, 2.24) is 9.80 Å². The summed E-state index contributed by atoms with van der Waals surface area (Å²) in [5.74, 6) is -0.548. The fraction of sp³-hybridized carbons (Fsp3) is 0.884. The van der Waals surface area contributed by atoms with E-state index in [0.29, 0.717) is 30.8 Å². The van der Waals surface area contributed by atoms with Crippen LogP contribution in [0.4, 0.5) is 0 Å². The largest absolute Gasteiger partial charge is 0.481 e. The number of carboxylic acids is 1. The molecule has 0 aromatic carbocycles. The standard InChI is InChI=1S/C43H72N2O6/c1-26(2)36-30(46)24-43(33(47)25-45(27(3)4)22-21-44(11)12)20-19-41(9)29(37(36)43)13-14-32-40(8)17-16-34(51-35(48)23-28(5)38(49)50)39(6,7)31(40)15-18-42(32,41)10/h26-29,31-34,47H,13-25H2,1-12H3,(H,49,50)/t28-,29-,31+,32-,33+,34+,40+,41-,42-,43+/m1/s1.